The van der Waals surface area contributed by atoms with Crippen LogP contribution in [0.5, 0.6) is 5.88 Å². The first-order chi connectivity index (χ1) is 15.8. The summed E-state index contributed by atoms with van der Waals surface area (Å²) in [6.45, 7) is 13.6. The Bertz CT molecular complexity index is 1350. The van der Waals surface area contributed by atoms with Crippen molar-refractivity contribution in [3.05, 3.63) is 80.4 Å². The Morgan fingerprint density at radius 3 is 1.97 bits per heavy atom. The van der Waals surface area contributed by atoms with Gasteiger partial charge in [0.15, 0.2) is 0 Å². The predicted molar refractivity (Wildman–Crippen MR) is 136 cm³/mol. The molecule has 0 saturated carbocycles. The van der Waals surface area contributed by atoms with Crippen molar-refractivity contribution in [2.24, 2.45) is 0 Å². The zero-order valence-electron chi connectivity index (χ0n) is 20.6. The zero-order chi connectivity index (χ0) is 25.4. The van der Waals surface area contributed by atoms with E-state index in [-0.39, 0.29) is 34.4 Å². The molecule has 1 heterocycles. The molecule has 3 aromatic rings. The third kappa shape index (κ3) is 5.36. The second kappa shape index (κ2) is 9.92. The van der Waals surface area contributed by atoms with E-state index in [4.69, 9.17) is 15.8 Å². The highest BCUT2D eigenvalue weighted by Gasteiger charge is 2.29. The fourth-order valence-electron chi connectivity index (χ4n) is 3.88. The fourth-order valence-corrected chi connectivity index (χ4v) is 5.62. The van der Waals surface area contributed by atoms with Crippen molar-refractivity contribution >= 4 is 21.7 Å². The van der Waals surface area contributed by atoms with Crippen LogP contribution in [-0.4, -0.2) is 18.0 Å². The van der Waals surface area contributed by atoms with Crippen LogP contribution in [0.2, 0.25) is 5.02 Å². The summed E-state index contributed by atoms with van der Waals surface area (Å²) >= 11 is 6.06. The molecule has 2 aromatic carbocycles. The summed E-state index contributed by atoms with van der Waals surface area (Å²) in [5.74, 6) is 0.169. The van der Waals surface area contributed by atoms with Gasteiger partial charge in [-0.2, -0.15) is 13.4 Å². The number of aryl methyl sites for hydroxylation is 1. The largest absolute Gasteiger partial charge is 0.358 e. The molecule has 182 valence electrons. The average molecular weight is 503 g/mol. The first kappa shape index (κ1) is 26.0. The topological polar surface area (TPSA) is 78.3 Å². The van der Waals surface area contributed by atoms with Crippen LogP contribution in [0, 0.1) is 6.92 Å². The Kier molecular flexibility index (Phi) is 7.58. The Morgan fingerprint density at radius 2 is 1.50 bits per heavy atom. The van der Waals surface area contributed by atoms with E-state index in [1.54, 1.807) is 31.2 Å². The number of nitrogens with zero attached hydrogens (tertiary/aromatic N) is 2. The molecule has 0 unspecified atom stereocenters. The van der Waals surface area contributed by atoms with Gasteiger partial charge in [-0.15, -0.1) is 0 Å². The van der Waals surface area contributed by atoms with E-state index < -0.39 is 15.7 Å². The van der Waals surface area contributed by atoms with E-state index in [1.165, 1.54) is 4.57 Å². The van der Waals surface area contributed by atoms with E-state index in [0.29, 0.717) is 21.8 Å². The molecule has 0 atom stereocenters. The molecule has 8 heteroatoms. The van der Waals surface area contributed by atoms with Crippen LogP contribution in [0.1, 0.15) is 81.8 Å². The molecule has 0 radical (unpaired) electrons. The summed E-state index contributed by atoms with van der Waals surface area (Å²) in [6, 6.07) is 11.7. The van der Waals surface area contributed by atoms with Gasteiger partial charge in [0.1, 0.15) is 10.7 Å². The second-order valence-electron chi connectivity index (χ2n) is 9.33. The van der Waals surface area contributed by atoms with Crippen molar-refractivity contribution in [2.75, 3.05) is 0 Å². The quantitative estimate of drug-likeness (QED) is 0.352. The van der Waals surface area contributed by atoms with Crippen LogP contribution in [0.3, 0.4) is 0 Å². The first-order valence-corrected chi connectivity index (χ1v) is 13.1. The van der Waals surface area contributed by atoms with E-state index in [1.807, 2.05) is 39.8 Å². The summed E-state index contributed by atoms with van der Waals surface area (Å²) in [5.41, 5.74) is 2.52. The number of aromatic nitrogens is 2. The number of rotatable bonds is 7. The lowest BCUT2D eigenvalue weighted by molar-refractivity contribution is 0.469. The van der Waals surface area contributed by atoms with Crippen molar-refractivity contribution < 1.29 is 12.6 Å². The van der Waals surface area contributed by atoms with E-state index in [0.717, 1.165) is 11.6 Å². The predicted octanol–water partition coefficient (Wildman–Crippen LogP) is 6.33. The van der Waals surface area contributed by atoms with Crippen LogP contribution in [0.15, 0.2) is 52.2 Å². The van der Waals surface area contributed by atoms with Gasteiger partial charge in [0.2, 0.25) is 5.88 Å². The number of hydrogen-bond acceptors (Lipinski definition) is 5. The smallest absolute Gasteiger partial charge is 0.341 e. The molecule has 0 fully saturated rings. The van der Waals surface area contributed by atoms with Crippen molar-refractivity contribution in [3.8, 4) is 11.6 Å². The minimum atomic E-state index is -4.26. The van der Waals surface area contributed by atoms with E-state index >= 15 is 0 Å². The Balaban J connectivity index is 2.13. The van der Waals surface area contributed by atoms with Crippen LogP contribution in [0.25, 0.3) is 5.69 Å². The molecule has 0 N–H and O–H groups in total. The monoisotopic (exact) mass is 502 g/mol. The molecular weight excluding hydrogens is 472 g/mol. The molecule has 1 aromatic heterocycles. The van der Waals surface area contributed by atoms with Gasteiger partial charge in [-0.25, -0.2) is 0 Å². The molecule has 0 bridgehead atoms. The highest BCUT2D eigenvalue weighted by Crippen LogP contribution is 2.36. The molecule has 0 aliphatic heterocycles. The van der Waals surface area contributed by atoms with E-state index in [2.05, 4.69) is 18.8 Å². The first-order valence-electron chi connectivity index (χ1n) is 11.3. The molecular formula is C26H31ClN2O4S. The van der Waals surface area contributed by atoms with Crippen LogP contribution in [0.4, 0.5) is 0 Å². The lowest BCUT2D eigenvalue weighted by Crippen LogP contribution is -2.23. The van der Waals surface area contributed by atoms with Gasteiger partial charge in [-0.05, 0) is 59.6 Å². The maximum absolute atomic E-state index is 13.6. The third-order valence-electron chi connectivity index (χ3n) is 5.65. The van der Waals surface area contributed by atoms with Gasteiger partial charge in [0.05, 0.1) is 11.8 Å². The molecule has 0 spiro atoms. The molecule has 0 aliphatic carbocycles. The van der Waals surface area contributed by atoms with Gasteiger partial charge in [0, 0.05) is 5.02 Å². The molecule has 6 nitrogen and oxygen atoms in total. The average Bonchev–Trinajstić information content (AvgIpc) is 2.71. The number of hydrogen-bond donors (Lipinski definition) is 0. The van der Waals surface area contributed by atoms with Crippen molar-refractivity contribution in [3.63, 3.8) is 0 Å². The van der Waals surface area contributed by atoms with E-state index in [9.17, 15) is 13.2 Å². The Labute approximate surface area is 206 Å². The van der Waals surface area contributed by atoms with Gasteiger partial charge in [-0.1, -0.05) is 71.3 Å². The SMILES string of the molecule is Cc1nc(OS(=O)(=O)c2c(C(C)C)cc(C(C)C)cc2C(C)C)cc(=O)n1-c1cccc(Cl)c1. The number of halogens is 1. The third-order valence-corrected chi connectivity index (χ3v) is 7.25. The van der Waals surface area contributed by atoms with Crippen LogP contribution < -0.4 is 9.74 Å². The molecule has 0 saturated heterocycles. The van der Waals surface area contributed by atoms with Crippen LogP contribution in [-0.2, 0) is 10.1 Å². The lowest BCUT2D eigenvalue weighted by atomic mass is 9.89. The maximum atomic E-state index is 13.6. The number of benzene rings is 2. The summed E-state index contributed by atoms with van der Waals surface area (Å²) in [6.07, 6.45) is 0. The Morgan fingerprint density at radius 1 is 0.912 bits per heavy atom. The molecule has 3 rings (SSSR count). The zero-order valence-corrected chi connectivity index (χ0v) is 22.2. The molecule has 34 heavy (non-hydrogen) atoms. The molecule has 0 aliphatic rings. The summed E-state index contributed by atoms with van der Waals surface area (Å²) in [4.78, 5) is 17.3. The van der Waals surface area contributed by atoms with Crippen molar-refractivity contribution in [1.82, 2.24) is 9.55 Å². The fraction of sp³-hybridized carbons (Fsp3) is 0.385. The lowest BCUT2D eigenvalue weighted by Gasteiger charge is -2.22. The van der Waals surface area contributed by atoms with Crippen molar-refractivity contribution in [1.29, 1.82) is 0 Å². The van der Waals surface area contributed by atoms with Crippen LogP contribution >= 0.6 is 11.6 Å². The normalized spacial score (nSPS) is 12.1. The minimum Gasteiger partial charge on any atom is -0.358 e. The van der Waals surface area contributed by atoms with Gasteiger partial charge < -0.3 is 4.18 Å². The van der Waals surface area contributed by atoms with Crippen molar-refractivity contribution in [2.45, 2.75) is 71.1 Å². The maximum Gasteiger partial charge on any atom is 0.341 e. The summed E-state index contributed by atoms with van der Waals surface area (Å²) < 4.78 is 34.0. The highest BCUT2D eigenvalue weighted by atomic mass is 35.5. The van der Waals surface area contributed by atoms with Gasteiger partial charge in [-0.3, -0.25) is 9.36 Å². The minimum absolute atomic E-state index is 0.0462. The summed E-state index contributed by atoms with van der Waals surface area (Å²) in [7, 11) is -4.26. The summed E-state index contributed by atoms with van der Waals surface area (Å²) in [5, 5.41) is 0.471. The van der Waals surface area contributed by atoms with Gasteiger partial charge >= 0.3 is 10.1 Å². The highest BCUT2D eigenvalue weighted by molar-refractivity contribution is 7.87. The van der Waals surface area contributed by atoms with Gasteiger partial charge in [0.25, 0.3) is 5.56 Å². The second-order valence-corrected chi connectivity index (χ2v) is 11.2. The Hall–Kier alpha value is -2.64. The standard InChI is InChI=1S/C26H31ClN2O4S/c1-15(2)19-11-22(16(3)4)26(23(12-19)17(5)6)34(31,32)33-24-14-25(30)29(18(7)28-24)21-10-8-9-20(27)13-21/h8-17H,1-7H3. The molecule has 0 amide bonds.